The average molecular weight is 358 g/mol. The molecule has 0 heterocycles. The van der Waals surface area contributed by atoms with Gasteiger partial charge in [0.15, 0.2) is 0 Å². The summed E-state index contributed by atoms with van der Waals surface area (Å²) in [6.45, 7) is 0. The maximum Gasteiger partial charge on any atom is 0.119 e. The molecule has 3 heteroatoms. The monoisotopic (exact) mass is 358 g/mol. The van der Waals surface area contributed by atoms with Gasteiger partial charge in [0.1, 0.15) is 17.2 Å². The third kappa shape index (κ3) is 3.41. The van der Waals surface area contributed by atoms with Gasteiger partial charge in [0.05, 0.1) is 0 Å². The number of phenols is 3. The van der Waals surface area contributed by atoms with E-state index in [0.717, 1.165) is 58.4 Å². The molecular weight excluding hydrogens is 336 g/mol. The van der Waals surface area contributed by atoms with E-state index in [1.807, 2.05) is 36.4 Å². The Hall–Kier alpha value is -3.20. The van der Waals surface area contributed by atoms with Crippen LogP contribution in [-0.4, -0.2) is 15.3 Å². The molecular formula is C24H22O3. The normalized spacial score (nSPS) is 11.3. The minimum absolute atomic E-state index is 0.204. The molecule has 0 aromatic heterocycles. The fraction of sp³-hybridized carbons (Fsp3) is 0.167. The smallest absolute Gasteiger partial charge is 0.119 e. The molecule has 0 aliphatic heterocycles. The standard InChI is InChI=1S/C24H22O3/c25-18-12-9-17-11-14-24(27)21(22(17)15-18)8-4-3-7-20-19-6-2-1-5-16(19)10-13-23(20)26/h1-2,5-6,9-15,25-27H,3-4,7-8H2. The molecule has 0 atom stereocenters. The number of fused-ring (bicyclic) bond motifs is 2. The fourth-order valence-electron chi connectivity index (χ4n) is 3.81. The molecule has 0 spiro atoms. The molecule has 0 bridgehead atoms. The van der Waals surface area contributed by atoms with Gasteiger partial charge in [-0.3, -0.25) is 0 Å². The molecule has 0 amide bonds. The molecule has 4 rings (SSSR count). The maximum absolute atomic E-state index is 10.3. The first-order valence-electron chi connectivity index (χ1n) is 9.26. The number of hydrogen-bond donors (Lipinski definition) is 3. The Morgan fingerprint density at radius 1 is 0.556 bits per heavy atom. The van der Waals surface area contributed by atoms with E-state index in [1.54, 1.807) is 24.3 Å². The Labute approximate surface area is 158 Å². The summed E-state index contributed by atoms with van der Waals surface area (Å²) in [4.78, 5) is 0. The highest BCUT2D eigenvalue weighted by molar-refractivity contribution is 5.89. The minimum Gasteiger partial charge on any atom is -0.508 e. The van der Waals surface area contributed by atoms with Gasteiger partial charge in [0.2, 0.25) is 0 Å². The van der Waals surface area contributed by atoms with Crippen molar-refractivity contribution >= 4 is 21.5 Å². The highest BCUT2D eigenvalue weighted by atomic mass is 16.3. The molecule has 0 radical (unpaired) electrons. The summed E-state index contributed by atoms with van der Waals surface area (Å²) >= 11 is 0. The highest BCUT2D eigenvalue weighted by Crippen LogP contribution is 2.32. The van der Waals surface area contributed by atoms with Gasteiger partial charge in [-0.2, -0.15) is 0 Å². The van der Waals surface area contributed by atoms with Crippen molar-refractivity contribution in [1.82, 2.24) is 0 Å². The molecule has 0 saturated carbocycles. The topological polar surface area (TPSA) is 60.7 Å². The third-order valence-electron chi connectivity index (χ3n) is 5.21. The Bertz CT molecular complexity index is 1110. The van der Waals surface area contributed by atoms with Crippen LogP contribution in [0.4, 0.5) is 0 Å². The molecule has 0 aliphatic rings. The number of rotatable bonds is 5. The lowest BCUT2D eigenvalue weighted by Gasteiger charge is -2.11. The minimum atomic E-state index is 0.204. The molecule has 0 saturated heterocycles. The van der Waals surface area contributed by atoms with Crippen LogP contribution in [0.25, 0.3) is 21.5 Å². The first-order chi connectivity index (χ1) is 13.1. The van der Waals surface area contributed by atoms with Gasteiger partial charge in [0, 0.05) is 11.1 Å². The molecule has 27 heavy (non-hydrogen) atoms. The number of hydrogen-bond acceptors (Lipinski definition) is 3. The Balaban J connectivity index is 1.52. The lowest BCUT2D eigenvalue weighted by Crippen LogP contribution is -1.93. The Morgan fingerprint density at radius 3 is 1.81 bits per heavy atom. The lowest BCUT2D eigenvalue weighted by molar-refractivity contribution is 0.464. The van der Waals surface area contributed by atoms with E-state index in [1.165, 1.54) is 0 Å². The molecule has 0 aliphatic carbocycles. The highest BCUT2D eigenvalue weighted by Gasteiger charge is 2.10. The number of aryl methyl sites for hydroxylation is 2. The lowest BCUT2D eigenvalue weighted by atomic mass is 9.95. The second-order valence-electron chi connectivity index (χ2n) is 6.96. The zero-order valence-corrected chi connectivity index (χ0v) is 15.0. The molecule has 136 valence electrons. The van der Waals surface area contributed by atoms with Crippen LogP contribution in [0.15, 0.2) is 66.7 Å². The first-order valence-corrected chi connectivity index (χ1v) is 9.26. The predicted octanol–water partition coefficient (Wildman–Crippen LogP) is 5.68. The third-order valence-corrected chi connectivity index (χ3v) is 5.21. The van der Waals surface area contributed by atoms with Gasteiger partial charge in [-0.1, -0.05) is 42.5 Å². The summed E-state index contributed by atoms with van der Waals surface area (Å²) < 4.78 is 0. The zero-order valence-electron chi connectivity index (χ0n) is 15.0. The van der Waals surface area contributed by atoms with Crippen LogP contribution in [0.5, 0.6) is 17.2 Å². The fourth-order valence-corrected chi connectivity index (χ4v) is 3.81. The van der Waals surface area contributed by atoms with Crippen molar-refractivity contribution in [2.75, 3.05) is 0 Å². The van der Waals surface area contributed by atoms with E-state index in [4.69, 9.17) is 0 Å². The molecule has 0 unspecified atom stereocenters. The molecule has 0 fully saturated rings. The van der Waals surface area contributed by atoms with Gasteiger partial charge >= 0.3 is 0 Å². The van der Waals surface area contributed by atoms with Gasteiger partial charge in [-0.25, -0.2) is 0 Å². The van der Waals surface area contributed by atoms with Crippen LogP contribution in [0, 0.1) is 0 Å². The first kappa shape index (κ1) is 17.2. The van der Waals surface area contributed by atoms with E-state index in [9.17, 15) is 15.3 Å². The quantitative estimate of drug-likeness (QED) is 0.403. The van der Waals surface area contributed by atoms with Crippen molar-refractivity contribution in [1.29, 1.82) is 0 Å². The number of unbranched alkanes of at least 4 members (excludes halogenated alkanes) is 1. The number of phenolic OH excluding ortho intramolecular Hbond substituents is 3. The summed E-state index contributed by atoms with van der Waals surface area (Å²) in [5.41, 5.74) is 1.85. The summed E-state index contributed by atoms with van der Waals surface area (Å²) in [5.74, 6) is 0.808. The Kier molecular flexibility index (Phi) is 4.59. The predicted molar refractivity (Wildman–Crippen MR) is 110 cm³/mol. The van der Waals surface area contributed by atoms with Crippen LogP contribution in [0.2, 0.25) is 0 Å². The SMILES string of the molecule is Oc1ccc2ccc(O)c(CCCCc3c(O)ccc4ccccc34)c2c1. The number of aromatic hydroxyl groups is 3. The van der Waals surface area contributed by atoms with Crippen molar-refractivity contribution in [3.8, 4) is 17.2 Å². The molecule has 3 N–H and O–H groups in total. The van der Waals surface area contributed by atoms with Crippen LogP contribution < -0.4 is 0 Å². The van der Waals surface area contributed by atoms with E-state index < -0.39 is 0 Å². The largest absolute Gasteiger partial charge is 0.508 e. The van der Waals surface area contributed by atoms with Crippen LogP contribution >= 0.6 is 0 Å². The van der Waals surface area contributed by atoms with E-state index in [2.05, 4.69) is 6.07 Å². The van der Waals surface area contributed by atoms with Crippen molar-refractivity contribution in [3.05, 3.63) is 77.9 Å². The Morgan fingerprint density at radius 2 is 1.11 bits per heavy atom. The van der Waals surface area contributed by atoms with Gasteiger partial charge in [-0.05, 0) is 71.5 Å². The summed E-state index contributed by atoms with van der Waals surface area (Å²) in [6, 6.07) is 20.6. The second-order valence-corrected chi connectivity index (χ2v) is 6.96. The molecule has 3 nitrogen and oxygen atoms in total. The molecule has 4 aromatic carbocycles. The van der Waals surface area contributed by atoms with E-state index >= 15 is 0 Å². The van der Waals surface area contributed by atoms with Crippen LogP contribution in [0.1, 0.15) is 24.0 Å². The van der Waals surface area contributed by atoms with Gasteiger partial charge in [0.25, 0.3) is 0 Å². The van der Waals surface area contributed by atoms with Crippen molar-refractivity contribution < 1.29 is 15.3 Å². The van der Waals surface area contributed by atoms with Gasteiger partial charge < -0.3 is 15.3 Å². The average Bonchev–Trinajstić information content (AvgIpc) is 2.68. The van der Waals surface area contributed by atoms with Crippen LogP contribution in [0.3, 0.4) is 0 Å². The summed E-state index contributed by atoms with van der Waals surface area (Å²) in [7, 11) is 0. The maximum atomic E-state index is 10.3. The second kappa shape index (κ2) is 7.20. The number of benzene rings is 4. The summed E-state index contributed by atoms with van der Waals surface area (Å²) in [6.07, 6.45) is 3.28. The van der Waals surface area contributed by atoms with Crippen molar-refractivity contribution in [2.24, 2.45) is 0 Å². The molecule has 4 aromatic rings. The van der Waals surface area contributed by atoms with Crippen LogP contribution in [-0.2, 0) is 12.8 Å². The van der Waals surface area contributed by atoms with E-state index in [-0.39, 0.29) is 11.5 Å². The summed E-state index contributed by atoms with van der Waals surface area (Å²) in [5, 5.41) is 34.5. The van der Waals surface area contributed by atoms with E-state index in [0.29, 0.717) is 5.75 Å². The van der Waals surface area contributed by atoms with Crippen molar-refractivity contribution in [3.63, 3.8) is 0 Å². The zero-order chi connectivity index (χ0) is 18.8. The van der Waals surface area contributed by atoms with Gasteiger partial charge in [-0.15, -0.1) is 0 Å². The van der Waals surface area contributed by atoms with Crippen molar-refractivity contribution in [2.45, 2.75) is 25.7 Å².